The summed E-state index contributed by atoms with van der Waals surface area (Å²) in [5.74, 6) is 2.46. The molecule has 2 heterocycles. The zero-order valence-electron chi connectivity index (χ0n) is 11.0. The Morgan fingerprint density at radius 2 is 2.10 bits per heavy atom. The van der Waals surface area contributed by atoms with E-state index in [4.69, 9.17) is 11.6 Å². The minimum absolute atomic E-state index is 0.546. The number of aromatic nitrogens is 2. The topological polar surface area (TPSA) is 37.8 Å². The summed E-state index contributed by atoms with van der Waals surface area (Å²) in [4.78, 5) is 0. The van der Waals surface area contributed by atoms with Gasteiger partial charge in [0, 0.05) is 23.2 Å². The molecule has 0 radical (unpaired) electrons. The molecule has 1 aromatic carbocycles. The second kappa shape index (κ2) is 6.78. The molecular formula is C14H16ClN3S2. The number of nitrogens with one attached hydrogen (secondary N) is 1. The van der Waals surface area contributed by atoms with Gasteiger partial charge in [-0.05, 0) is 36.3 Å². The monoisotopic (exact) mass is 325 g/mol. The van der Waals surface area contributed by atoms with E-state index in [-0.39, 0.29) is 0 Å². The molecule has 1 fully saturated rings. The molecule has 1 N–H and O–H groups in total. The van der Waals surface area contributed by atoms with E-state index < -0.39 is 0 Å². The zero-order chi connectivity index (χ0) is 13.8. The van der Waals surface area contributed by atoms with E-state index in [0.29, 0.717) is 6.04 Å². The van der Waals surface area contributed by atoms with Gasteiger partial charge in [0.25, 0.3) is 0 Å². The lowest BCUT2D eigenvalue weighted by Crippen LogP contribution is -2.25. The van der Waals surface area contributed by atoms with E-state index in [2.05, 4.69) is 15.5 Å². The van der Waals surface area contributed by atoms with Crippen molar-refractivity contribution >= 4 is 39.8 Å². The molecule has 2 aromatic rings. The number of benzene rings is 1. The van der Waals surface area contributed by atoms with Gasteiger partial charge in [0.05, 0.1) is 0 Å². The lowest BCUT2D eigenvalue weighted by molar-refractivity contribution is 0.683. The van der Waals surface area contributed by atoms with Crippen LogP contribution in [0.2, 0.25) is 5.02 Å². The number of halogens is 1. The molecule has 0 aliphatic carbocycles. The van der Waals surface area contributed by atoms with Gasteiger partial charge >= 0.3 is 0 Å². The van der Waals surface area contributed by atoms with Crippen molar-refractivity contribution in [1.82, 2.24) is 10.2 Å². The SMILES string of the molecule is Clc1ccc(Cc2nnc(NC3CCCSC3)s2)cc1. The molecule has 0 amide bonds. The number of thioether (sulfide) groups is 1. The van der Waals surface area contributed by atoms with Crippen LogP contribution in [0.1, 0.15) is 23.4 Å². The van der Waals surface area contributed by atoms with E-state index in [9.17, 15) is 0 Å². The molecular weight excluding hydrogens is 310 g/mol. The maximum atomic E-state index is 5.89. The Morgan fingerprint density at radius 1 is 1.25 bits per heavy atom. The third-order valence-electron chi connectivity index (χ3n) is 3.22. The van der Waals surface area contributed by atoms with Gasteiger partial charge in [-0.25, -0.2) is 0 Å². The van der Waals surface area contributed by atoms with Crippen molar-refractivity contribution in [3.05, 3.63) is 39.9 Å². The first kappa shape index (κ1) is 14.2. The fourth-order valence-corrected chi connectivity index (χ4v) is 4.24. The van der Waals surface area contributed by atoms with E-state index in [1.54, 1.807) is 11.3 Å². The number of hydrogen-bond donors (Lipinski definition) is 1. The fourth-order valence-electron chi connectivity index (χ4n) is 2.19. The third kappa shape index (κ3) is 3.87. The van der Waals surface area contributed by atoms with E-state index in [0.717, 1.165) is 21.6 Å². The first-order chi connectivity index (χ1) is 9.79. The van der Waals surface area contributed by atoms with Gasteiger partial charge in [0.1, 0.15) is 5.01 Å². The summed E-state index contributed by atoms with van der Waals surface area (Å²) in [6, 6.07) is 8.45. The number of anilines is 1. The molecule has 1 aliphatic rings. The van der Waals surface area contributed by atoms with Crippen LogP contribution < -0.4 is 5.32 Å². The molecule has 6 heteroatoms. The van der Waals surface area contributed by atoms with Crippen LogP contribution in [0.4, 0.5) is 5.13 Å². The molecule has 3 nitrogen and oxygen atoms in total. The van der Waals surface area contributed by atoms with Crippen molar-refractivity contribution in [1.29, 1.82) is 0 Å². The smallest absolute Gasteiger partial charge is 0.205 e. The first-order valence-corrected chi connectivity index (χ1v) is 9.05. The first-order valence-electron chi connectivity index (χ1n) is 6.71. The molecule has 1 atom stereocenters. The molecule has 0 bridgehead atoms. The van der Waals surface area contributed by atoms with Crippen molar-refractivity contribution < 1.29 is 0 Å². The van der Waals surface area contributed by atoms with E-state index in [1.807, 2.05) is 36.0 Å². The van der Waals surface area contributed by atoms with Crippen LogP contribution in [0, 0.1) is 0 Å². The van der Waals surface area contributed by atoms with Gasteiger partial charge in [-0.15, -0.1) is 10.2 Å². The van der Waals surface area contributed by atoms with Crippen LogP contribution in [0.15, 0.2) is 24.3 Å². The van der Waals surface area contributed by atoms with Gasteiger partial charge < -0.3 is 5.32 Å². The minimum atomic E-state index is 0.546. The lowest BCUT2D eigenvalue weighted by atomic mass is 10.2. The number of hydrogen-bond acceptors (Lipinski definition) is 5. The molecule has 1 unspecified atom stereocenters. The molecule has 0 spiro atoms. The highest BCUT2D eigenvalue weighted by atomic mass is 35.5. The zero-order valence-corrected chi connectivity index (χ0v) is 13.4. The second-order valence-electron chi connectivity index (χ2n) is 4.86. The van der Waals surface area contributed by atoms with Crippen molar-refractivity contribution in [3.8, 4) is 0 Å². The van der Waals surface area contributed by atoms with Crippen LogP contribution >= 0.6 is 34.7 Å². The van der Waals surface area contributed by atoms with Crippen molar-refractivity contribution in [2.45, 2.75) is 25.3 Å². The van der Waals surface area contributed by atoms with E-state index in [1.165, 1.54) is 29.9 Å². The summed E-state index contributed by atoms with van der Waals surface area (Å²) in [5.41, 5.74) is 1.21. The third-order valence-corrected chi connectivity index (χ3v) is 5.55. The van der Waals surface area contributed by atoms with Gasteiger partial charge in [0.2, 0.25) is 5.13 Å². The van der Waals surface area contributed by atoms with Crippen LogP contribution in [-0.2, 0) is 6.42 Å². The highest BCUT2D eigenvalue weighted by Crippen LogP contribution is 2.24. The molecule has 106 valence electrons. The molecule has 1 aliphatic heterocycles. The standard InChI is InChI=1S/C14H16ClN3S2/c15-11-5-3-10(4-6-11)8-13-17-18-14(20-13)16-12-2-1-7-19-9-12/h3-6,12H,1-2,7-9H2,(H,16,18). The van der Waals surface area contributed by atoms with Gasteiger partial charge in [0.15, 0.2) is 0 Å². The second-order valence-corrected chi connectivity index (χ2v) is 7.51. The Morgan fingerprint density at radius 3 is 2.85 bits per heavy atom. The van der Waals surface area contributed by atoms with E-state index >= 15 is 0 Å². The summed E-state index contributed by atoms with van der Waals surface area (Å²) in [7, 11) is 0. The van der Waals surface area contributed by atoms with Gasteiger partial charge in [-0.3, -0.25) is 0 Å². The van der Waals surface area contributed by atoms with Crippen molar-refractivity contribution in [2.75, 3.05) is 16.8 Å². The lowest BCUT2D eigenvalue weighted by Gasteiger charge is -2.21. The minimum Gasteiger partial charge on any atom is -0.357 e. The van der Waals surface area contributed by atoms with Crippen LogP contribution in [-0.4, -0.2) is 27.7 Å². The highest BCUT2D eigenvalue weighted by Gasteiger charge is 2.15. The molecule has 20 heavy (non-hydrogen) atoms. The molecule has 1 aromatic heterocycles. The Hall–Kier alpha value is -0.780. The van der Waals surface area contributed by atoms with Crippen molar-refractivity contribution in [3.63, 3.8) is 0 Å². The summed E-state index contributed by atoms with van der Waals surface area (Å²) >= 11 is 9.55. The maximum absolute atomic E-state index is 5.89. The largest absolute Gasteiger partial charge is 0.357 e. The Bertz CT molecular complexity index is 550. The number of rotatable bonds is 4. The van der Waals surface area contributed by atoms with Gasteiger partial charge in [-0.1, -0.05) is 35.1 Å². The van der Waals surface area contributed by atoms with Crippen LogP contribution in [0.25, 0.3) is 0 Å². The quantitative estimate of drug-likeness (QED) is 0.918. The summed E-state index contributed by atoms with van der Waals surface area (Å²) in [5, 5.41) is 14.8. The average Bonchev–Trinajstić information content (AvgIpc) is 2.90. The maximum Gasteiger partial charge on any atom is 0.205 e. The Balaban J connectivity index is 1.60. The Kier molecular flexibility index (Phi) is 4.81. The number of nitrogens with zero attached hydrogens (tertiary/aromatic N) is 2. The molecule has 0 saturated carbocycles. The fraction of sp³-hybridized carbons (Fsp3) is 0.429. The normalized spacial score (nSPS) is 18.9. The van der Waals surface area contributed by atoms with Gasteiger partial charge in [-0.2, -0.15) is 11.8 Å². The molecule has 3 rings (SSSR count). The Labute approximate surface area is 132 Å². The average molecular weight is 326 g/mol. The molecule has 1 saturated heterocycles. The predicted octanol–water partition coefficient (Wildman–Crippen LogP) is 4.09. The predicted molar refractivity (Wildman–Crippen MR) is 88.1 cm³/mol. The highest BCUT2D eigenvalue weighted by molar-refractivity contribution is 7.99. The summed E-state index contributed by atoms with van der Waals surface area (Å²) in [6.07, 6.45) is 3.34. The van der Waals surface area contributed by atoms with Crippen LogP contribution in [0.5, 0.6) is 0 Å². The van der Waals surface area contributed by atoms with Crippen molar-refractivity contribution in [2.24, 2.45) is 0 Å². The summed E-state index contributed by atoms with van der Waals surface area (Å²) in [6.45, 7) is 0. The summed E-state index contributed by atoms with van der Waals surface area (Å²) < 4.78 is 0. The van der Waals surface area contributed by atoms with Crippen LogP contribution in [0.3, 0.4) is 0 Å².